The van der Waals surface area contributed by atoms with Gasteiger partial charge in [0, 0.05) is 50.1 Å². The Hall–Kier alpha value is -3.68. The van der Waals surface area contributed by atoms with Gasteiger partial charge in [-0.05, 0) is 36.9 Å². The van der Waals surface area contributed by atoms with Crippen molar-refractivity contribution < 1.29 is 4.74 Å². The highest BCUT2D eigenvalue weighted by Gasteiger charge is 2.20. The van der Waals surface area contributed by atoms with Gasteiger partial charge in [-0.2, -0.15) is 0 Å². The Balaban J connectivity index is 1.25. The fraction of sp³-hybridized carbons (Fsp3) is 0.259. The molecule has 172 valence electrons. The third-order valence-electron chi connectivity index (χ3n) is 6.76. The molecule has 3 aromatic carbocycles. The summed E-state index contributed by atoms with van der Waals surface area (Å²) in [5, 5.41) is 0. The van der Waals surface area contributed by atoms with Crippen LogP contribution in [0, 0.1) is 0 Å². The number of aliphatic imine (C=N–C) groups is 1. The van der Waals surface area contributed by atoms with Gasteiger partial charge in [0.25, 0.3) is 0 Å². The number of H-pyrrole nitrogens is 1. The molecule has 7 heteroatoms. The highest BCUT2D eigenvalue weighted by Crippen LogP contribution is 2.38. The molecule has 0 unspecified atom stereocenters. The minimum Gasteiger partial charge on any atom is -0.492 e. The lowest BCUT2D eigenvalue weighted by Crippen LogP contribution is -2.45. The van der Waals surface area contributed by atoms with E-state index in [1.54, 1.807) is 4.57 Å². The molecule has 2 aliphatic rings. The van der Waals surface area contributed by atoms with E-state index in [1.807, 2.05) is 54.7 Å². The second-order valence-electron chi connectivity index (χ2n) is 8.96. The van der Waals surface area contributed by atoms with Crippen molar-refractivity contribution in [3.63, 3.8) is 0 Å². The SMILES string of the molecule is CN1CCN(CCOc2ccc(-c3cccc4c3N=Cc3cccc5[nH]c(=O)n-4c35)cc2)CC1. The summed E-state index contributed by atoms with van der Waals surface area (Å²) in [6, 6.07) is 19.9. The highest BCUT2D eigenvalue weighted by molar-refractivity contribution is 6.02. The van der Waals surface area contributed by atoms with Gasteiger partial charge in [0.1, 0.15) is 12.4 Å². The molecule has 2 aliphatic heterocycles. The standard InChI is InChI=1S/C27H27N5O2/c1-30-12-14-31(15-13-30)16-17-34-21-10-8-19(9-11-21)22-5-3-7-24-25(22)28-18-20-4-2-6-23-26(20)32(24)27(33)29-23/h2-11,18H,12-17H2,1H3,(H,29,33). The Morgan fingerprint density at radius 3 is 2.59 bits per heavy atom. The van der Waals surface area contributed by atoms with E-state index in [2.05, 4.69) is 34.0 Å². The molecule has 0 atom stereocenters. The van der Waals surface area contributed by atoms with Crippen molar-refractivity contribution in [1.29, 1.82) is 0 Å². The van der Waals surface area contributed by atoms with Crippen molar-refractivity contribution in [3.05, 3.63) is 76.7 Å². The number of imidazole rings is 1. The quantitative estimate of drug-likeness (QED) is 0.441. The van der Waals surface area contributed by atoms with Gasteiger partial charge in [-0.3, -0.25) is 14.5 Å². The van der Waals surface area contributed by atoms with E-state index in [0.29, 0.717) is 6.61 Å². The molecule has 1 aromatic heterocycles. The van der Waals surface area contributed by atoms with Gasteiger partial charge >= 0.3 is 5.69 Å². The molecule has 0 spiro atoms. The van der Waals surface area contributed by atoms with Gasteiger partial charge in [0.15, 0.2) is 0 Å². The van der Waals surface area contributed by atoms with Crippen molar-refractivity contribution in [2.24, 2.45) is 4.99 Å². The molecule has 0 amide bonds. The molecular weight excluding hydrogens is 426 g/mol. The van der Waals surface area contributed by atoms with Gasteiger partial charge in [-0.15, -0.1) is 0 Å². The average molecular weight is 454 g/mol. The zero-order valence-corrected chi connectivity index (χ0v) is 19.2. The number of aromatic nitrogens is 2. The summed E-state index contributed by atoms with van der Waals surface area (Å²) < 4.78 is 7.74. The normalized spacial score (nSPS) is 15.9. The molecule has 1 N–H and O–H groups in total. The minimum absolute atomic E-state index is 0.157. The number of likely N-dealkylation sites (N-methyl/N-ethyl adjacent to an activating group) is 1. The Bertz CT molecular complexity index is 1430. The topological polar surface area (TPSA) is 65.9 Å². The van der Waals surface area contributed by atoms with E-state index in [1.165, 1.54) is 0 Å². The second-order valence-corrected chi connectivity index (χ2v) is 8.96. The van der Waals surface area contributed by atoms with Crippen molar-refractivity contribution in [2.45, 2.75) is 0 Å². The second kappa shape index (κ2) is 8.59. The zero-order chi connectivity index (χ0) is 23.1. The number of aromatic amines is 1. The molecule has 0 radical (unpaired) electrons. The molecule has 7 nitrogen and oxygen atoms in total. The van der Waals surface area contributed by atoms with Crippen molar-refractivity contribution in [3.8, 4) is 22.6 Å². The smallest absolute Gasteiger partial charge is 0.331 e. The molecule has 4 aromatic rings. The Kier molecular flexibility index (Phi) is 5.28. The molecule has 1 saturated heterocycles. The van der Waals surface area contributed by atoms with E-state index < -0.39 is 0 Å². The number of fused-ring (bicyclic) bond motifs is 2. The molecule has 1 fully saturated rings. The number of hydrogen-bond donors (Lipinski definition) is 1. The number of rotatable bonds is 5. The number of para-hydroxylation sites is 2. The van der Waals surface area contributed by atoms with Gasteiger partial charge in [0.05, 0.1) is 22.4 Å². The third-order valence-corrected chi connectivity index (χ3v) is 6.76. The first kappa shape index (κ1) is 20.9. The number of nitrogens with one attached hydrogen (secondary N) is 1. The van der Waals surface area contributed by atoms with E-state index in [0.717, 1.165) is 77.6 Å². The van der Waals surface area contributed by atoms with Gasteiger partial charge in [0.2, 0.25) is 0 Å². The fourth-order valence-electron chi connectivity index (χ4n) is 4.83. The molecule has 0 aliphatic carbocycles. The predicted octanol–water partition coefficient (Wildman–Crippen LogP) is 3.68. The molecular formula is C27H27N5O2. The summed E-state index contributed by atoms with van der Waals surface area (Å²) in [6.07, 6.45) is 1.84. The van der Waals surface area contributed by atoms with Crippen LogP contribution in [0.25, 0.3) is 27.8 Å². The summed E-state index contributed by atoms with van der Waals surface area (Å²) in [5.41, 5.74) is 6.00. The Morgan fingerprint density at radius 1 is 0.971 bits per heavy atom. The molecule has 6 rings (SSSR count). The van der Waals surface area contributed by atoms with E-state index in [-0.39, 0.29) is 5.69 Å². The van der Waals surface area contributed by atoms with Crippen LogP contribution in [0.4, 0.5) is 5.69 Å². The lowest BCUT2D eigenvalue weighted by Gasteiger charge is -2.32. The maximum atomic E-state index is 12.8. The number of benzene rings is 3. The van der Waals surface area contributed by atoms with E-state index >= 15 is 0 Å². The van der Waals surface area contributed by atoms with E-state index in [4.69, 9.17) is 9.73 Å². The van der Waals surface area contributed by atoms with Crippen LogP contribution in [0.1, 0.15) is 5.56 Å². The summed E-state index contributed by atoms with van der Waals surface area (Å²) in [5.74, 6) is 0.861. The average Bonchev–Trinajstić information content (AvgIpc) is 3.09. The van der Waals surface area contributed by atoms with Crippen LogP contribution < -0.4 is 10.4 Å². The van der Waals surface area contributed by atoms with Crippen molar-refractivity contribution in [2.75, 3.05) is 46.4 Å². The Morgan fingerprint density at radius 2 is 1.76 bits per heavy atom. The molecule has 3 heterocycles. The summed E-state index contributed by atoms with van der Waals surface area (Å²) in [7, 11) is 2.17. The Labute approximate surface area is 197 Å². The van der Waals surface area contributed by atoms with Crippen LogP contribution >= 0.6 is 0 Å². The first-order valence-electron chi connectivity index (χ1n) is 11.7. The van der Waals surface area contributed by atoms with Crippen LogP contribution in [0.2, 0.25) is 0 Å². The minimum atomic E-state index is -0.157. The molecule has 0 bridgehead atoms. The lowest BCUT2D eigenvalue weighted by molar-refractivity contribution is 0.134. The lowest BCUT2D eigenvalue weighted by atomic mass is 10.0. The number of ether oxygens (including phenoxy) is 1. The summed E-state index contributed by atoms with van der Waals surface area (Å²) in [4.78, 5) is 25.4. The van der Waals surface area contributed by atoms with E-state index in [9.17, 15) is 4.79 Å². The van der Waals surface area contributed by atoms with Crippen molar-refractivity contribution in [1.82, 2.24) is 19.4 Å². The predicted molar refractivity (Wildman–Crippen MR) is 136 cm³/mol. The third kappa shape index (κ3) is 3.73. The first-order chi connectivity index (χ1) is 16.7. The van der Waals surface area contributed by atoms with Crippen LogP contribution in [0.5, 0.6) is 5.75 Å². The van der Waals surface area contributed by atoms with Crippen LogP contribution in [-0.2, 0) is 0 Å². The fourth-order valence-corrected chi connectivity index (χ4v) is 4.83. The first-order valence-corrected chi connectivity index (χ1v) is 11.7. The van der Waals surface area contributed by atoms with Crippen molar-refractivity contribution >= 4 is 22.9 Å². The van der Waals surface area contributed by atoms with Crippen LogP contribution in [-0.4, -0.2) is 71.9 Å². The maximum Gasteiger partial charge on any atom is 0.331 e. The number of nitrogens with zero attached hydrogens (tertiary/aromatic N) is 4. The van der Waals surface area contributed by atoms with Crippen LogP contribution in [0.3, 0.4) is 0 Å². The largest absolute Gasteiger partial charge is 0.492 e. The molecule has 0 saturated carbocycles. The summed E-state index contributed by atoms with van der Waals surface area (Å²) >= 11 is 0. The van der Waals surface area contributed by atoms with Gasteiger partial charge < -0.3 is 14.6 Å². The maximum absolute atomic E-state index is 12.8. The zero-order valence-electron chi connectivity index (χ0n) is 19.2. The number of hydrogen-bond acceptors (Lipinski definition) is 5. The van der Waals surface area contributed by atoms with Crippen LogP contribution in [0.15, 0.2) is 70.5 Å². The van der Waals surface area contributed by atoms with Gasteiger partial charge in [-0.25, -0.2) is 4.79 Å². The highest BCUT2D eigenvalue weighted by atomic mass is 16.5. The summed E-state index contributed by atoms with van der Waals surface area (Å²) in [6.45, 7) is 6.04. The monoisotopic (exact) mass is 453 g/mol. The number of piperazine rings is 1. The molecule has 34 heavy (non-hydrogen) atoms. The van der Waals surface area contributed by atoms with Gasteiger partial charge in [-0.1, -0.05) is 36.4 Å².